The Morgan fingerprint density at radius 1 is 1.07 bits per heavy atom. The van der Waals surface area contributed by atoms with Gasteiger partial charge in [0.2, 0.25) is 0 Å². The first-order valence-corrected chi connectivity index (χ1v) is 9.87. The third kappa shape index (κ3) is 5.54. The average molecular weight is 418 g/mol. The fraction of sp³-hybridized carbons (Fsp3) is 0.364. The lowest BCUT2D eigenvalue weighted by Gasteiger charge is -2.32. The molecule has 6 nitrogen and oxygen atoms in total. The molecule has 0 unspecified atom stereocenters. The lowest BCUT2D eigenvalue weighted by molar-refractivity contribution is -0.895. The topological polar surface area (TPSA) is 63.1 Å². The summed E-state index contributed by atoms with van der Waals surface area (Å²) in [5.74, 6) is -0.180. The largest absolute Gasteiger partial charge is 0.435 e. The van der Waals surface area contributed by atoms with Crippen LogP contribution in [0.25, 0.3) is 0 Å². The van der Waals surface area contributed by atoms with Crippen molar-refractivity contribution < 1.29 is 28.0 Å². The van der Waals surface area contributed by atoms with Gasteiger partial charge >= 0.3 is 6.61 Å². The van der Waals surface area contributed by atoms with Gasteiger partial charge in [-0.25, -0.2) is 0 Å². The fourth-order valence-electron chi connectivity index (χ4n) is 3.59. The number of anilines is 1. The third-order valence-corrected chi connectivity index (χ3v) is 5.24. The molecule has 8 heteroatoms. The number of nitrogens with one attached hydrogen (secondary N) is 2. The first-order valence-electron chi connectivity index (χ1n) is 9.87. The Labute approximate surface area is 174 Å². The third-order valence-electron chi connectivity index (χ3n) is 5.24. The van der Waals surface area contributed by atoms with E-state index in [-0.39, 0.29) is 17.6 Å². The van der Waals surface area contributed by atoms with Crippen LogP contribution in [0, 0.1) is 13.8 Å². The highest BCUT2D eigenvalue weighted by Gasteiger charge is 2.26. The number of aryl methyl sites for hydroxylation is 2. The van der Waals surface area contributed by atoms with Gasteiger partial charge in [-0.15, -0.1) is 0 Å². The normalized spacial score (nSPS) is 14.6. The fourth-order valence-corrected chi connectivity index (χ4v) is 3.59. The zero-order chi connectivity index (χ0) is 21.7. The number of rotatable bonds is 6. The molecule has 1 aliphatic heterocycles. The minimum absolute atomic E-state index is 0.0192. The molecule has 2 N–H and O–H groups in total. The molecule has 3 rings (SSSR count). The SMILES string of the molecule is Cc1cccc(C)c1NC(=O)C[NH+]1CCN(C(=O)c2ccc(OC(F)F)cc2)CC1. The molecule has 1 fully saturated rings. The van der Waals surface area contributed by atoms with Crippen LogP contribution in [0.1, 0.15) is 21.5 Å². The summed E-state index contributed by atoms with van der Waals surface area (Å²) >= 11 is 0. The predicted octanol–water partition coefficient (Wildman–Crippen LogP) is 1.88. The number of alkyl halides is 2. The molecule has 0 aliphatic carbocycles. The number of hydrogen-bond acceptors (Lipinski definition) is 3. The Kier molecular flexibility index (Phi) is 6.99. The molecule has 0 atom stereocenters. The highest BCUT2D eigenvalue weighted by molar-refractivity contribution is 5.94. The summed E-state index contributed by atoms with van der Waals surface area (Å²) < 4.78 is 28.8. The number of carbonyl (C=O) groups excluding carboxylic acids is 2. The van der Waals surface area contributed by atoms with Crippen molar-refractivity contribution in [3.8, 4) is 5.75 Å². The number of benzene rings is 2. The number of nitrogens with zero attached hydrogens (tertiary/aromatic N) is 1. The number of amides is 2. The van der Waals surface area contributed by atoms with E-state index in [1.807, 2.05) is 32.0 Å². The van der Waals surface area contributed by atoms with Gasteiger partial charge < -0.3 is 19.9 Å². The predicted molar refractivity (Wildman–Crippen MR) is 109 cm³/mol. The summed E-state index contributed by atoms with van der Waals surface area (Å²) in [6, 6.07) is 11.6. The highest BCUT2D eigenvalue weighted by Crippen LogP contribution is 2.19. The van der Waals surface area contributed by atoms with Crippen LogP contribution in [0.4, 0.5) is 14.5 Å². The van der Waals surface area contributed by atoms with Crippen LogP contribution in [0.2, 0.25) is 0 Å². The summed E-state index contributed by atoms with van der Waals surface area (Å²) in [5, 5.41) is 3.00. The van der Waals surface area contributed by atoms with Crippen molar-refractivity contribution in [3.63, 3.8) is 0 Å². The molecule has 1 saturated heterocycles. The van der Waals surface area contributed by atoms with Gasteiger partial charge in [0.15, 0.2) is 6.54 Å². The van der Waals surface area contributed by atoms with Crippen molar-refractivity contribution in [2.45, 2.75) is 20.5 Å². The first kappa shape index (κ1) is 21.7. The Hall–Kier alpha value is -3.00. The van der Waals surface area contributed by atoms with E-state index in [1.54, 1.807) is 4.90 Å². The maximum absolute atomic E-state index is 12.6. The standard InChI is InChI=1S/C22H25F2N3O3/c1-15-4-3-5-16(2)20(15)25-19(28)14-26-10-12-27(13-11-26)21(29)17-6-8-18(9-7-17)30-22(23)24/h3-9,22H,10-14H2,1-2H3,(H,25,28)/p+1. The minimum atomic E-state index is -2.89. The van der Waals surface area contributed by atoms with Crippen LogP contribution in [0.15, 0.2) is 42.5 Å². The van der Waals surface area contributed by atoms with Crippen molar-refractivity contribution in [3.05, 3.63) is 59.2 Å². The summed E-state index contributed by atoms with van der Waals surface area (Å²) in [4.78, 5) is 27.9. The molecular formula is C22H26F2N3O3+. The number of piperazine rings is 1. The quantitative estimate of drug-likeness (QED) is 0.753. The molecule has 160 valence electrons. The molecule has 2 aromatic rings. The van der Waals surface area contributed by atoms with Gasteiger partial charge in [0.25, 0.3) is 11.8 Å². The summed E-state index contributed by atoms with van der Waals surface area (Å²) in [6.07, 6.45) is 0. The monoisotopic (exact) mass is 418 g/mol. The molecule has 0 spiro atoms. The maximum atomic E-state index is 12.6. The molecule has 2 amide bonds. The van der Waals surface area contributed by atoms with E-state index >= 15 is 0 Å². The van der Waals surface area contributed by atoms with Gasteiger partial charge in [0, 0.05) is 11.3 Å². The zero-order valence-electron chi connectivity index (χ0n) is 17.1. The molecule has 30 heavy (non-hydrogen) atoms. The summed E-state index contributed by atoms with van der Waals surface area (Å²) in [5.41, 5.74) is 3.33. The molecule has 0 saturated carbocycles. The van der Waals surface area contributed by atoms with E-state index in [2.05, 4.69) is 10.1 Å². The van der Waals surface area contributed by atoms with Gasteiger partial charge in [0.05, 0.1) is 26.2 Å². The molecule has 1 heterocycles. The summed E-state index contributed by atoms with van der Waals surface area (Å²) in [7, 11) is 0. The lowest BCUT2D eigenvalue weighted by Crippen LogP contribution is -3.15. The maximum Gasteiger partial charge on any atom is 0.387 e. The van der Waals surface area contributed by atoms with E-state index in [1.165, 1.54) is 24.3 Å². The van der Waals surface area contributed by atoms with Crippen LogP contribution >= 0.6 is 0 Å². The number of ether oxygens (including phenoxy) is 1. The van der Waals surface area contributed by atoms with E-state index in [4.69, 9.17) is 0 Å². The van der Waals surface area contributed by atoms with E-state index in [0.717, 1.165) is 21.7 Å². The number of quaternary nitrogens is 1. The minimum Gasteiger partial charge on any atom is -0.435 e. The second-order valence-corrected chi connectivity index (χ2v) is 7.44. The lowest BCUT2D eigenvalue weighted by atomic mass is 10.1. The van der Waals surface area contributed by atoms with Crippen molar-refractivity contribution in [2.75, 3.05) is 38.0 Å². The van der Waals surface area contributed by atoms with Crippen LogP contribution in [0.5, 0.6) is 5.75 Å². The van der Waals surface area contributed by atoms with Gasteiger partial charge in [-0.1, -0.05) is 18.2 Å². The molecule has 1 aliphatic rings. The molecule has 0 radical (unpaired) electrons. The number of hydrogen-bond donors (Lipinski definition) is 2. The molecule has 0 bridgehead atoms. The van der Waals surface area contributed by atoms with Crippen molar-refractivity contribution in [1.29, 1.82) is 0 Å². The van der Waals surface area contributed by atoms with Gasteiger partial charge in [0.1, 0.15) is 5.75 Å². The van der Waals surface area contributed by atoms with Crippen LogP contribution in [-0.4, -0.2) is 56.0 Å². The highest BCUT2D eigenvalue weighted by atomic mass is 19.3. The van der Waals surface area contributed by atoms with Crippen LogP contribution in [-0.2, 0) is 4.79 Å². The van der Waals surface area contributed by atoms with Gasteiger partial charge in [-0.05, 0) is 49.2 Å². The Morgan fingerprint density at radius 3 is 2.23 bits per heavy atom. The smallest absolute Gasteiger partial charge is 0.387 e. The molecule has 0 aromatic heterocycles. The van der Waals surface area contributed by atoms with E-state index in [0.29, 0.717) is 38.3 Å². The van der Waals surface area contributed by atoms with Crippen molar-refractivity contribution >= 4 is 17.5 Å². The van der Waals surface area contributed by atoms with E-state index in [9.17, 15) is 18.4 Å². The Morgan fingerprint density at radius 2 is 1.67 bits per heavy atom. The Bertz CT molecular complexity index is 875. The van der Waals surface area contributed by atoms with Gasteiger partial charge in [-0.3, -0.25) is 9.59 Å². The second kappa shape index (κ2) is 9.67. The molecular weight excluding hydrogens is 392 g/mol. The average Bonchev–Trinajstić information content (AvgIpc) is 2.71. The Balaban J connectivity index is 1.49. The number of carbonyl (C=O) groups is 2. The number of halogens is 2. The summed E-state index contributed by atoms with van der Waals surface area (Å²) in [6.45, 7) is 3.76. The number of para-hydroxylation sites is 1. The van der Waals surface area contributed by atoms with Crippen LogP contribution < -0.4 is 15.0 Å². The van der Waals surface area contributed by atoms with Gasteiger partial charge in [-0.2, -0.15) is 8.78 Å². The van der Waals surface area contributed by atoms with Crippen molar-refractivity contribution in [2.24, 2.45) is 0 Å². The molecule has 2 aromatic carbocycles. The zero-order valence-corrected chi connectivity index (χ0v) is 17.1. The van der Waals surface area contributed by atoms with E-state index < -0.39 is 6.61 Å². The van der Waals surface area contributed by atoms with Crippen LogP contribution in [0.3, 0.4) is 0 Å². The first-order chi connectivity index (χ1) is 14.3. The second-order valence-electron chi connectivity index (χ2n) is 7.44. The van der Waals surface area contributed by atoms with Crippen molar-refractivity contribution in [1.82, 2.24) is 4.90 Å².